The first-order valence-corrected chi connectivity index (χ1v) is 9.20. The largest absolute Gasteiger partial charge is 0.495 e. The topological polar surface area (TPSA) is 124 Å². The Morgan fingerprint density at radius 1 is 1.17 bits per heavy atom. The van der Waals surface area contributed by atoms with Crippen molar-refractivity contribution in [2.45, 2.75) is 6.92 Å². The van der Waals surface area contributed by atoms with E-state index in [4.69, 9.17) is 31.5 Å². The number of rotatable bonds is 9. The van der Waals surface area contributed by atoms with Gasteiger partial charge in [-0.1, -0.05) is 17.7 Å². The summed E-state index contributed by atoms with van der Waals surface area (Å²) in [6.45, 7) is 1.83. The quantitative estimate of drug-likeness (QED) is 0.466. The summed E-state index contributed by atoms with van der Waals surface area (Å²) in [6, 6.07) is 11.4. The number of ether oxygens (including phenoxy) is 3. The summed E-state index contributed by atoms with van der Waals surface area (Å²) < 4.78 is 16.0. The Balaban J connectivity index is 2.29. The van der Waals surface area contributed by atoms with E-state index in [1.54, 1.807) is 37.3 Å². The maximum Gasteiger partial charge on any atom is 0.266 e. The summed E-state index contributed by atoms with van der Waals surface area (Å²) >= 11 is 5.97. The number of carbonyl (C=O) groups excluding carboxylic acids is 2. The van der Waals surface area contributed by atoms with Gasteiger partial charge in [-0.05, 0) is 48.9 Å². The van der Waals surface area contributed by atoms with Gasteiger partial charge in [0.25, 0.3) is 11.8 Å². The molecule has 0 aliphatic carbocycles. The van der Waals surface area contributed by atoms with E-state index in [-0.39, 0.29) is 12.2 Å². The van der Waals surface area contributed by atoms with E-state index in [9.17, 15) is 14.9 Å². The highest BCUT2D eigenvalue weighted by atomic mass is 35.5. The second kappa shape index (κ2) is 10.7. The highest BCUT2D eigenvalue weighted by Crippen LogP contribution is 2.30. The number of methoxy groups -OCH3 is 1. The number of halogens is 1. The number of nitrogens with one attached hydrogen (secondary N) is 1. The van der Waals surface area contributed by atoms with Crippen LogP contribution in [0.1, 0.15) is 12.5 Å². The number of primary amides is 1. The standard InChI is InChI=1S/C21H20ClN3O5/c1-3-29-19-9-13(4-6-18(19)30-12-20(24)26)8-14(11-23)21(27)25-16-10-15(22)5-7-17(16)28-2/h4-10H,3,12H2,1-2H3,(H2,24,26)(H,25,27)/b14-8+. The van der Waals surface area contributed by atoms with E-state index in [2.05, 4.69) is 5.32 Å². The number of nitriles is 1. The Bertz CT molecular complexity index is 1010. The third kappa shape index (κ3) is 6.15. The molecule has 0 fully saturated rings. The summed E-state index contributed by atoms with van der Waals surface area (Å²) in [5, 5.41) is 12.5. The zero-order valence-corrected chi connectivity index (χ0v) is 17.2. The Morgan fingerprint density at radius 3 is 2.53 bits per heavy atom. The van der Waals surface area contributed by atoms with E-state index in [0.29, 0.717) is 40.1 Å². The van der Waals surface area contributed by atoms with Gasteiger partial charge in [0.1, 0.15) is 17.4 Å². The van der Waals surface area contributed by atoms with E-state index in [0.717, 1.165) is 0 Å². The smallest absolute Gasteiger partial charge is 0.266 e. The molecule has 8 nitrogen and oxygen atoms in total. The van der Waals surface area contributed by atoms with Gasteiger partial charge in [0.05, 0.1) is 19.4 Å². The lowest BCUT2D eigenvalue weighted by molar-refractivity contribution is -0.120. The molecule has 0 saturated carbocycles. The Hall–Kier alpha value is -3.70. The van der Waals surface area contributed by atoms with Gasteiger partial charge >= 0.3 is 0 Å². The van der Waals surface area contributed by atoms with Crippen molar-refractivity contribution >= 4 is 35.2 Å². The molecule has 2 aromatic carbocycles. The van der Waals surface area contributed by atoms with Crippen LogP contribution in [0, 0.1) is 11.3 Å². The van der Waals surface area contributed by atoms with Crippen LogP contribution in [0.4, 0.5) is 5.69 Å². The van der Waals surface area contributed by atoms with Crippen molar-refractivity contribution in [3.63, 3.8) is 0 Å². The molecular weight excluding hydrogens is 410 g/mol. The normalized spacial score (nSPS) is 10.7. The predicted molar refractivity (Wildman–Crippen MR) is 113 cm³/mol. The van der Waals surface area contributed by atoms with Crippen molar-refractivity contribution in [1.29, 1.82) is 5.26 Å². The van der Waals surface area contributed by atoms with E-state index in [1.165, 1.54) is 19.3 Å². The number of hydrogen-bond donors (Lipinski definition) is 2. The highest BCUT2D eigenvalue weighted by molar-refractivity contribution is 6.31. The van der Waals surface area contributed by atoms with Gasteiger partial charge in [-0.2, -0.15) is 5.26 Å². The molecule has 0 aromatic heterocycles. The van der Waals surface area contributed by atoms with Crippen molar-refractivity contribution in [3.05, 3.63) is 52.6 Å². The fourth-order valence-corrected chi connectivity index (χ4v) is 2.61. The molecule has 0 atom stereocenters. The fraction of sp³-hybridized carbons (Fsp3) is 0.190. The molecule has 3 N–H and O–H groups in total. The van der Waals surface area contributed by atoms with Crippen LogP contribution in [0.15, 0.2) is 42.0 Å². The van der Waals surface area contributed by atoms with Gasteiger partial charge in [-0.3, -0.25) is 9.59 Å². The first kappa shape index (κ1) is 22.6. The van der Waals surface area contributed by atoms with Crippen molar-refractivity contribution in [2.24, 2.45) is 5.73 Å². The highest BCUT2D eigenvalue weighted by Gasteiger charge is 2.14. The van der Waals surface area contributed by atoms with Crippen LogP contribution >= 0.6 is 11.6 Å². The van der Waals surface area contributed by atoms with E-state index >= 15 is 0 Å². The third-order valence-electron chi connectivity index (χ3n) is 3.72. The lowest BCUT2D eigenvalue weighted by atomic mass is 10.1. The van der Waals surface area contributed by atoms with Crippen LogP contribution in [0.5, 0.6) is 17.2 Å². The van der Waals surface area contributed by atoms with Gasteiger partial charge < -0.3 is 25.3 Å². The molecule has 0 radical (unpaired) electrons. The number of amides is 2. The Kier molecular flexibility index (Phi) is 8.08. The van der Waals surface area contributed by atoms with Crippen molar-refractivity contribution in [2.75, 3.05) is 25.6 Å². The number of nitrogens with zero attached hydrogens (tertiary/aromatic N) is 1. The number of hydrogen-bond acceptors (Lipinski definition) is 6. The predicted octanol–water partition coefficient (Wildman–Crippen LogP) is 3.16. The average Bonchev–Trinajstić information content (AvgIpc) is 2.71. The maximum absolute atomic E-state index is 12.6. The molecule has 0 aliphatic heterocycles. The van der Waals surface area contributed by atoms with Crippen LogP contribution in [0.3, 0.4) is 0 Å². The van der Waals surface area contributed by atoms with Crippen LogP contribution in [-0.4, -0.2) is 32.1 Å². The molecule has 0 saturated heterocycles. The molecule has 0 heterocycles. The van der Waals surface area contributed by atoms with Crippen molar-refractivity contribution in [1.82, 2.24) is 0 Å². The average molecular weight is 430 g/mol. The van der Waals surface area contributed by atoms with Crippen LogP contribution in [0.2, 0.25) is 5.02 Å². The number of carbonyl (C=O) groups is 2. The molecular formula is C21H20ClN3O5. The zero-order valence-electron chi connectivity index (χ0n) is 16.4. The molecule has 0 bridgehead atoms. The second-order valence-electron chi connectivity index (χ2n) is 5.86. The molecule has 0 unspecified atom stereocenters. The van der Waals surface area contributed by atoms with Crippen LogP contribution < -0.4 is 25.3 Å². The summed E-state index contributed by atoms with van der Waals surface area (Å²) in [7, 11) is 1.46. The Labute approximate surface area is 178 Å². The molecule has 156 valence electrons. The van der Waals surface area contributed by atoms with Gasteiger partial charge in [-0.15, -0.1) is 0 Å². The van der Waals surface area contributed by atoms with Crippen LogP contribution in [-0.2, 0) is 9.59 Å². The van der Waals surface area contributed by atoms with E-state index < -0.39 is 11.8 Å². The van der Waals surface area contributed by atoms with Gasteiger partial charge in [0.15, 0.2) is 18.1 Å². The summed E-state index contributed by atoms with van der Waals surface area (Å²) in [5.74, 6) is -0.188. The number of nitrogens with two attached hydrogens (primary N) is 1. The summed E-state index contributed by atoms with van der Waals surface area (Å²) in [5.41, 5.74) is 5.80. The Morgan fingerprint density at radius 2 is 1.90 bits per heavy atom. The SMILES string of the molecule is CCOc1cc(/C=C(\C#N)C(=O)Nc2cc(Cl)ccc2OC)ccc1OCC(N)=O. The monoisotopic (exact) mass is 429 g/mol. The van der Waals surface area contributed by atoms with Gasteiger partial charge in [0.2, 0.25) is 0 Å². The molecule has 2 aromatic rings. The minimum atomic E-state index is -0.634. The first-order chi connectivity index (χ1) is 14.4. The lowest BCUT2D eigenvalue weighted by Crippen LogP contribution is -2.20. The van der Waals surface area contributed by atoms with Crippen molar-refractivity contribution in [3.8, 4) is 23.3 Å². The van der Waals surface area contributed by atoms with Crippen LogP contribution in [0.25, 0.3) is 6.08 Å². The molecule has 0 aliphatic rings. The maximum atomic E-state index is 12.6. The van der Waals surface area contributed by atoms with Crippen molar-refractivity contribution < 1.29 is 23.8 Å². The lowest BCUT2D eigenvalue weighted by Gasteiger charge is -2.12. The fourth-order valence-electron chi connectivity index (χ4n) is 2.43. The van der Waals surface area contributed by atoms with E-state index in [1.807, 2.05) is 6.07 Å². The molecule has 9 heteroatoms. The first-order valence-electron chi connectivity index (χ1n) is 8.82. The van der Waals surface area contributed by atoms with Gasteiger partial charge in [-0.25, -0.2) is 0 Å². The third-order valence-corrected chi connectivity index (χ3v) is 3.96. The minimum absolute atomic E-state index is 0.148. The molecule has 30 heavy (non-hydrogen) atoms. The number of benzene rings is 2. The second-order valence-corrected chi connectivity index (χ2v) is 6.30. The molecule has 2 amide bonds. The number of anilines is 1. The summed E-state index contributed by atoms with van der Waals surface area (Å²) in [4.78, 5) is 23.5. The minimum Gasteiger partial charge on any atom is -0.495 e. The van der Waals surface area contributed by atoms with Gasteiger partial charge in [0, 0.05) is 5.02 Å². The molecule has 0 spiro atoms. The summed E-state index contributed by atoms with van der Waals surface area (Å²) in [6.07, 6.45) is 1.40. The zero-order chi connectivity index (χ0) is 22.1. The molecule has 2 rings (SSSR count).